The van der Waals surface area contributed by atoms with Crippen molar-refractivity contribution in [2.24, 2.45) is 5.73 Å². The summed E-state index contributed by atoms with van der Waals surface area (Å²) < 4.78 is 50.9. The lowest BCUT2D eigenvalue weighted by Gasteiger charge is -2.13. The Morgan fingerprint density at radius 2 is 1.92 bits per heavy atom. The second kappa shape index (κ2) is 11.5. The molecule has 4 aromatic rings. The summed E-state index contributed by atoms with van der Waals surface area (Å²) in [6.45, 7) is 2.21. The van der Waals surface area contributed by atoms with Gasteiger partial charge in [-0.15, -0.1) is 0 Å². The third-order valence-corrected chi connectivity index (χ3v) is 6.95. The van der Waals surface area contributed by atoms with E-state index in [2.05, 4.69) is 0 Å². The summed E-state index contributed by atoms with van der Waals surface area (Å²) in [5, 5.41) is 0.595. The monoisotopic (exact) mass is 535 g/mol. The standard InChI is InChI=1S/C31H31F2NO5/c1-3-37-28(35)14-21-9-10-23(36-2)15-27(21)38-17-26-25-13-22(20-6-4-5-18(11-20)16-34)12-24(19-7-8-19)29(25)39-30(26)31(32)33/h4-6,9-13,15,19,31H,3,7-8,14,16-17,34H2,1-2H3. The average molecular weight is 536 g/mol. The van der Waals surface area contributed by atoms with Crippen LogP contribution in [-0.2, 0) is 29.1 Å². The molecule has 0 radical (unpaired) electrons. The van der Waals surface area contributed by atoms with Gasteiger partial charge in [0.2, 0.25) is 0 Å². The maximum atomic E-state index is 14.3. The van der Waals surface area contributed by atoms with Crippen LogP contribution in [0.3, 0.4) is 0 Å². The first-order chi connectivity index (χ1) is 18.9. The van der Waals surface area contributed by atoms with Gasteiger partial charge in [-0.25, -0.2) is 8.78 Å². The zero-order valence-corrected chi connectivity index (χ0v) is 22.0. The third kappa shape index (κ3) is 5.76. The van der Waals surface area contributed by atoms with Crippen molar-refractivity contribution in [1.29, 1.82) is 0 Å². The molecule has 1 aliphatic rings. The van der Waals surface area contributed by atoms with Gasteiger partial charge in [0, 0.05) is 29.1 Å². The molecule has 0 unspecified atom stereocenters. The van der Waals surface area contributed by atoms with Crippen molar-refractivity contribution in [3.05, 3.63) is 82.6 Å². The van der Waals surface area contributed by atoms with Gasteiger partial charge in [-0.2, -0.15) is 0 Å². The van der Waals surface area contributed by atoms with Crippen molar-refractivity contribution in [3.8, 4) is 22.6 Å². The summed E-state index contributed by atoms with van der Waals surface area (Å²) in [4.78, 5) is 12.2. The molecular formula is C31H31F2NO5. The number of fused-ring (bicyclic) bond motifs is 1. The van der Waals surface area contributed by atoms with Gasteiger partial charge < -0.3 is 24.4 Å². The molecule has 8 heteroatoms. The van der Waals surface area contributed by atoms with E-state index in [0.717, 1.165) is 35.1 Å². The quantitative estimate of drug-likeness (QED) is 0.207. The smallest absolute Gasteiger partial charge is 0.310 e. The maximum absolute atomic E-state index is 14.3. The Kier molecular flexibility index (Phi) is 7.84. The molecular weight excluding hydrogens is 504 g/mol. The van der Waals surface area contributed by atoms with E-state index in [9.17, 15) is 13.6 Å². The first-order valence-corrected chi connectivity index (χ1v) is 13.0. The molecule has 1 aromatic heterocycles. The Morgan fingerprint density at radius 1 is 1.10 bits per heavy atom. The van der Waals surface area contributed by atoms with Crippen molar-refractivity contribution >= 4 is 16.9 Å². The molecule has 1 fully saturated rings. The molecule has 0 atom stereocenters. The molecule has 0 saturated heterocycles. The van der Waals surface area contributed by atoms with E-state index in [0.29, 0.717) is 34.6 Å². The van der Waals surface area contributed by atoms with Gasteiger partial charge >= 0.3 is 5.97 Å². The fourth-order valence-corrected chi connectivity index (χ4v) is 4.82. The van der Waals surface area contributed by atoms with Gasteiger partial charge in [-0.3, -0.25) is 4.79 Å². The predicted octanol–water partition coefficient (Wildman–Crippen LogP) is 7.07. The van der Waals surface area contributed by atoms with Gasteiger partial charge in [-0.1, -0.05) is 24.3 Å². The van der Waals surface area contributed by atoms with E-state index in [1.165, 1.54) is 7.11 Å². The van der Waals surface area contributed by atoms with Crippen LogP contribution in [0.5, 0.6) is 11.5 Å². The molecule has 0 aliphatic heterocycles. The van der Waals surface area contributed by atoms with E-state index in [-0.39, 0.29) is 31.1 Å². The van der Waals surface area contributed by atoms with E-state index >= 15 is 0 Å². The lowest BCUT2D eigenvalue weighted by atomic mass is 9.96. The molecule has 1 saturated carbocycles. The minimum Gasteiger partial charge on any atom is -0.497 e. The lowest BCUT2D eigenvalue weighted by Crippen LogP contribution is -2.09. The summed E-state index contributed by atoms with van der Waals surface area (Å²) in [6.07, 6.45) is -0.872. The number of hydrogen-bond donors (Lipinski definition) is 1. The number of halogens is 2. The first-order valence-electron chi connectivity index (χ1n) is 13.0. The molecule has 5 rings (SSSR count). The number of carbonyl (C=O) groups excluding carboxylic acids is 1. The van der Waals surface area contributed by atoms with Gasteiger partial charge in [0.25, 0.3) is 6.43 Å². The number of methoxy groups -OCH3 is 1. The minimum absolute atomic E-state index is 0.0194. The minimum atomic E-state index is -2.82. The number of hydrogen-bond acceptors (Lipinski definition) is 6. The highest BCUT2D eigenvalue weighted by molar-refractivity contribution is 5.91. The summed E-state index contributed by atoms with van der Waals surface area (Å²) in [5.41, 5.74) is 11.0. The topological polar surface area (TPSA) is 83.9 Å². The van der Waals surface area contributed by atoms with E-state index in [1.807, 2.05) is 36.4 Å². The van der Waals surface area contributed by atoms with E-state index in [1.54, 1.807) is 25.1 Å². The number of furan rings is 1. The summed E-state index contributed by atoms with van der Waals surface area (Å²) >= 11 is 0. The van der Waals surface area contributed by atoms with Gasteiger partial charge in [0.05, 0.1) is 20.1 Å². The van der Waals surface area contributed by atoms with Gasteiger partial charge in [-0.05, 0) is 72.2 Å². The number of ether oxygens (including phenoxy) is 3. The highest BCUT2D eigenvalue weighted by Crippen LogP contribution is 2.47. The number of carbonyl (C=O) groups is 1. The largest absolute Gasteiger partial charge is 0.497 e. The highest BCUT2D eigenvalue weighted by atomic mass is 19.3. The fourth-order valence-electron chi connectivity index (χ4n) is 4.82. The zero-order valence-electron chi connectivity index (χ0n) is 22.0. The average Bonchev–Trinajstić information content (AvgIpc) is 3.72. The lowest BCUT2D eigenvalue weighted by molar-refractivity contribution is -0.142. The Balaban J connectivity index is 1.57. The highest BCUT2D eigenvalue weighted by Gasteiger charge is 2.31. The molecule has 0 bridgehead atoms. The molecule has 3 aromatic carbocycles. The molecule has 6 nitrogen and oxygen atoms in total. The number of nitrogens with two attached hydrogens (primary N) is 1. The van der Waals surface area contributed by atoms with Crippen LogP contribution in [0.1, 0.15) is 60.1 Å². The number of rotatable bonds is 11. The Labute approximate surface area is 225 Å². The van der Waals surface area contributed by atoms with Crippen molar-refractivity contribution in [2.45, 2.75) is 51.7 Å². The van der Waals surface area contributed by atoms with Crippen LogP contribution in [0.15, 0.2) is 59.0 Å². The van der Waals surface area contributed by atoms with Gasteiger partial charge in [0.15, 0.2) is 5.76 Å². The summed E-state index contributed by atoms with van der Waals surface area (Å²) in [7, 11) is 1.52. The van der Waals surface area contributed by atoms with E-state index in [4.69, 9.17) is 24.4 Å². The molecule has 39 heavy (non-hydrogen) atoms. The normalized spacial score (nSPS) is 13.2. The first kappa shape index (κ1) is 26.7. The zero-order chi connectivity index (χ0) is 27.5. The van der Waals surface area contributed by atoms with Gasteiger partial charge in [0.1, 0.15) is 23.7 Å². The van der Waals surface area contributed by atoms with Crippen molar-refractivity contribution < 1.29 is 32.2 Å². The van der Waals surface area contributed by atoms with Crippen LogP contribution in [-0.4, -0.2) is 19.7 Å². The number of benzene rings is 3. The van der Waals surface area contributed by atoms with E-state index < -0.39 is 18.2 Å². The molecule has 204 valence electrons. The molecule has 1 aliphatic carbocycles. The van der Waals surface area contributed by atoms with Crippen LogP contribution in [0.4, 0.5) is 8.78 Å². The SMILES string of the molecule is CCOC(=O)Cc1ccc(OC)cc1OCc1c(C(F)F)oc2c(C3CC3)cc(-c3cccc(CN)c3)cc12. The Morgan fingerprint density at radius 3 is 2.62 bits per heavy atom. The fraction of sp³-hybridized carbons (Fsp3) is 0.323. The Hall–Kier alpha value is -3.91. The molecule has 2 N–H and O–H groups in total. The molecule has 0 spiro atoms. The molecule has 1 heterocycles. The van der Waals surface area contributed by atoms with Crippen LogP contribution in [0.2, 0.25) is 0 Å². The second-order valence-corrected chi connectivity index (χ2v) is 9.61. The Bertz CT molecular complexity index is 1490. The van der Waals surface area contributed by atoms with Crippen molar-refractivity contribution in [1.82, 2.24) is 0 Å². The summed E-state index contributed by atoms with van der Waals surface area (Å²) in [5.74, 6) is 0.320. The predicted molar refractivity (Wildman–Crippen MR) is 144 cm³/mol. The van der Waals surface area contributed by atoms with Crippen LogP contribution in [0.25, 0.3) is 22.1 Å². The maximum Gasteiger partial charge on any atom is 0.310 e. The number of esters is 1. The van der Waals surface area contributed by atoms with Crippen molar-refractivity contribution in [2.75, 3.05) is 13.7 Å². The molecule has 0 amide bonds. The van der Waals surface area contributed by atoms with Crippen molar-refractivity contribution in [3.63, 3.8) is 0 Å². The summed E-state index contributed by atoms with van der Waals surface area (Å²) in [6, 6.07) is 16.9. The second-order valence-electron chi connectivity index (χ2n) is 9.61. The third-order valence-electron chi connectivity index (χ3n) is 6.95. The van der Waals surface area contributed by atoms with Crippen LogP contribution < -0.4 is 15.2 Å². The van der Waals surface area contributed by atoms with Crippen LogP contribution in [0, 0.1) is 0 Å². The number of alkyl halides is 2. The van der Waals surface area contributed by atoms with Crippen LogP contribution >= 0.6 is 0 Å².